The van der Waals surface area contributed by atoms with Gasteiger partial charge >= 0.3 is 0 Å². The van der Waals surface area contributed by atoms with E-state index in [2.05, 4.69) is 29.2 Å². The fraction of sp³-hybridized carbons (Fsp3) is 0.500. The van der Waals surface area contributed by atoms with Gasteiger partial charge in [-0.25, -0.2) is 0 Å². The molecule has 4 heteroatoms. The molecule has 1 aromatic carbocycles. The molecule has 0 aromatic heterocycles. The van der Waals surface area contributed by atoms with Crippen LogP contribution in [0.3, 0.4) is 0 Å². The van der Waals surface area contributed by atoms with Crippen LogP contribution in [-0.4, -0.2) is 30.6 Å². The zero-order valence-electron chi connectivity index (χ0n) is 12.2. The third-order valence-corrected chi connectivity index (χ3v) is 3.51. The minimum atomic E-state index is -0.0750. The van der Waals surface area contributed by atoms with Crippen molar-refractivity contribution in [2.45, 2.75) is 32.7 Å². The van der Waals surface area contributed by atoms with Crippen molar-refractivity contribution in [3.63, 3.8) is 0 Å². The number of carbonyl (C=O) groups is 1. The predicted octanol–water partition coefficient (Wildman–Crippen LogP) is 2.81. The number of carbonyl (C=O) groups excluding carboxylic acids is 1. The largest absolute Gasteiger partial charge is 0.468 e. The van der Waals surface area contributed by atoms with Crippen LogP contribution in [0.1, 0.15) is 31.7 Å². The molecule has 3 nitrogen and oxygen atoms in total. The molecule has 0 N–H and O–H groups in total. The standard InChI is InChI=1S/C16H22NO2.Y/c1-2-19-16(18)12-14-8-10-17(11-9-14)13-15-6-4-3-5-7-15;/h3-7H,2,8-13H2,1H3;/q-1;. The number of esters is 1. The van der Waals surface area contributed by atoms with Crippen molar-refractivity contribution in [1.82, 2.24) is 4.90 Å². The van der Waals surface area contributed by atoms with E-state index >= 15 is 0 Å². The Balaban J connectivity index is 0.00000200. The Morgan fingerprint density at radius 2 is 1.90 bits per heavy atom. The Kier molecular flexibility index (Phi) is 8.59. The first-order chi connectivity index (χ1) is 9.28. The summed E-state index contributed by atoms with van der Waals surface area (Å²) in [5, 5.41) is 0. The quantitative estimate of drug-likeness (QED) is 0.605. The van der Waals surface area contributed by atoms with Gasteiger partial charge in [0.2, 0.25) is 0 Å². The molecule has 0 saturated carbocycles. The summed E-state index contributed by atoms with van der Waals surface area (Å²) >= 11 is 0. The minimum absolute atomic E-state index is 0. The van der Waals surface area contributed by atoms with Crippen molar-refractivity contribution in [3.05, 3.63) is 41.8 Å². The van der Waals surface area contributed by atoms with Gasteiger partial charge in [-0.2, -0.15) is 12.8 Å². The summed E-state index contributed by atoms with van der Waals surface area (Å²) in [6.45, 7) is 5.43. The number of hydrogen-bond acceptors (Lipinski definition) is 3. The summed E-state index contributed by atoms with van der Waals surface area (Å²) < 4.78 is 4.99. The van der Waals surface area contributed by atoms with E-state index in [1.54, 1.807) is 0 Å². The molecule has 1 aromatic rings. The molecule has 2 rings (SSSR count). The number of ether oxygens (including phenoxy) is 1. The van der Waals surface area contributed by atoms with Crippen molar-refractivity contribution < 1.29 is 42.2 Å². The van der Waals surface area contributed by atoms with Gasteiger partial charge in [0.05, 0.1) is 6.61 Å². The molecule has 1 heterocycles. The fourth-order valence-electron chi connectivity index (χ4n) is 2.46. The topological polar surface area (TPSA) is 29.5 Å². The first kappa shape index (κ1) is 17.8. The molecule has 107 valence electrons. The molecular weight excluding hydrogens is 327 g/mol. The van der Waals surface area contributed by atoms with E-state index in [9.17, 15) is 4.79 Å². The molecule has 1 fully saturated rings. The first-order valence-corrected chi connectivity index (χ1v) is 7.03. The van der Waals surface area contributed by atoms with E-state index in [1.165, 1.54) is 11.5 Å². The molecule has 0 amide bonds. The second-order valence-electron chi connectivity index (χ2n) is 4.99. The molecule has 0 spiro atoms. The van der Waals surface area contributed by atoms with E-state index in [4.69, 9.17) is 4.74 Å². The number of rotatable bonds is 5. The Morgan fingerprint density at radius 3 is 2.50 bits per heavy atom. The van der Waals surface area contributed by atoms with E-state index in [0.29, 0.717) is 13.0 Å². The van der Waals surface area contributed by atoms with Gasteiger partial charge in [0.1, 0.15) is 0 Å². The summed E-state index contributed by atoms with van der Waals surface area (Å²) in [5.74, 6) is 1.26. The smallest absolute Gasteiger partial charge is 0.275 e. The predicted molar refractivity (Wildman–Crippen MR) is 75.4 cm³/mol. The van der Waals surface area contributed by atoms with Crippen LogP contribution < -0.4 is 0 Å². The average molecular weight is 349 g/mol. The third-order valence-electron chi connectivity index (χ3n) is 3.51. The van der Waals surface area contributed by atoms with Crippen LogP contribution in [0.2, 0.25) is 0 Å². The van der Waals surface area contributed by atoms with Crippen LogP contribution in [0, 0.1) is 5.92 Å². The van der Waals surface area contributed by atoms with E-state index in [0.717, 1.165) is 32.5 Å². The van der Waals surface area contributed by atoms with Crippen LogP contribution >= 0.6 is 0 Å². The first-order valence-electron chi connectivity index (χ1n) is 7.03. The van der Waals surface area contributed by atoms with Gasteiger partial charge in [0.25, 0.3) is 5.97 Å². The van der Waals surface area contributed by atoms with Gasteiger partial charge < -0.3 is 15.6 Å². The van der Waals surface area contributed by atoms with E-state index in [1.807, 2.05) is 13.0 Å². The maximum absolute atomic E-state index is 11.4. The SMILES string of the molecule is CCOC(=O)C[C-]1CCN(Cc2ccccc2)CC1.[Y]. The van der Waals surface area contributed by atoms with Crippen LogP contribution in [0.15, 0.2) is 30.3 Å². The van der Waals surface area contributed by atoms with Crippen LogP contribution in [0.5, 0.6) is 0 Å². The number of benzene rings is 1. The van der Waals surface area contributed by atoms with Crippen LogP contribution in [0.4, 0.5) is 0 Å². The molecule has 1 saturated heterocycles. The van der Waals surface area contributed by atoms with Crippen molar-refractivity contribution in [2.24, 2.45) is 0 Å². The average Bonchev–Trinajstić information content (AvgIpc) is 2.42. The fourth-order valence-corrected chi connectivity index (χ4v) is 2.46. The monoisotopic (exact) mass is 349 g/mol. The molecule has 0 bridgehead atoms. The summed E-state index contributed by atoms with van der Waals surface area (Å²) in [6.07, 6.45) is 2.55. The Labute approximate surface area is 146 Å². The molecule has 0 atom stereocenters. The van der Waals surface area contributed by atoms with Gasteiger partial charge in [-0.3, -0.25) is 4.79 Å². The Bertz CT molecular complexity index is 389. The number of likely N-dealkylation sites (tertiary alicyclic amines) is 1. The minimum Gasteiger partial charge on any atom is -0.468 e. The molecule has 0 aliphatic carbocycles. The molecule has 1 radical (unpaired) electrons. The van der Waals surface area contributed by atoms with Gasteiger partial charge in [-0.15, -0.1) is 0 Å². The molecule has 20 heavy (non-hydrogen) atoms. The van der Waals surface area contributed by atoms with Gasteiger partial charge in [-0.05, 0) is 25.6 Å². The molecule has 1 aliphatic heterocycles. The summed E-state index contributed by atoms with van der Waals surface area (Å²) in [7, 11) is 0. The second-order valence-corrected chi connectivity index (χ2v) is 4.99. The number of nitrogens with zero attached hydrogens (tertiary/aromatic N) is 1. The van der Waals surface area contributed by atoms with Crippen molar-refractivity contribution >= 4 is 5.97 Å². The van der Waals surface area contributed by atoms with Crippen molar-refractivity contribution in [3.8, 4) is 0 Å². The van der Waals surface area contributed by atoms with Crippen LogP contribution in [0.25, 0.3) is 0 Å². The zero-order chi connectivity index (χ0) is 13.5. The van der Waals surface area contributed by atoms with Crippen molar-refractivity contribution in [2.75, 3.05) is 19.7 Å². The summed E-state index contributed by atoms with van der Waals surface area (Å²) in [5.41, 5.74) is 1.36. The van der Waals surface area contributed by atoms with Gasteiger partial charge in [-0.1, -0.05) is 36.8 Å². The van der Waals surface area contributed by atoms with Gasteiger partial charge in [0.15, 0.2) is 0 Å². The van der Waals surface area contributed by atoms with Gasteiger partial charge in [0, 0.05) is 39.3 Å². The van der Waals surface area contributed by atoms with Crippen LogP contribution in [-0.2, 0) is 48.8 Å². The Morgan fingerprint density at radius 1 is 1.25 bits per heavy atom. The maximum Gasteiger partial charge on any atom is 0.275 e. The van der Waals surface area contributed by atoms with E-state index in [-0.39, 0.29) is 38.7 Å². The normalized spacial score (nSPS) is 16.4. The number of hydrogen-bond donors (Lipinski definition) is 0. The second kappa shape index (κ2) is 9.65. The molecule has 1 aliphatic rings. The van der Waals surface area contributed by atoms with E-state index < -0.39 is 0 Å². The summed E-state index contributed by atoms with van der Waals surface area (Å²) in [6, 6.07) is 10.5. The molecule has 0 unspecified atom stereocenters. The molecular formula is C16H22NO2Y-. The maximum atomic E-state index is 11.4. The summed E-state index contributed by atoms with van der Waals surface area (Å²) in [4.78, 5) is 13.9. The Hall–Kier alpha value is -0.246. The number of piperidine rings is 1. The third kappa shape index (κ3) is 6.03. The van der Waals surface area contributed by atoms with Crippen molar-refractivity contribution in [1.29, 1.82) is 0 Å². The zero-order valence-corrected chi connectivity index (χ0v) is 15.0.